The van der Waals surface area contributed by atoms with Gasteiger partial charge in [0.2, 0.25) is 5.95 Å². The third kappa shape index (κ3) is 6.58. The number of nitrogens with one attached hydrogen (secondary N) is 2. The Morgan fingerprint density at radius 3 is 2.50 bits per heavy atom. The number of carbonyl (C=O) groups excluding carboxylic acids is 1. The first-order valence-electron chi connectivity index (χ1n) is 9.15. The van der Waals surface area contributed by atoms with E-state index in [1.54, 1.807) is 12.1 Å². The van der Waals surface area contributed by atoms with E-state index >= 15 is 0 Å². The first-order chi connectivity index (χ1) is 14.2. The highest BCUT2D eigenvalue weighted by Gasteiger charge is 2.22. The monoisotopic (exact) mass is 437 g/mol. The Balaban J connectivity index is 1.86. The van der Waals surface area contributed by atoms with Crippen LogP contribution in [0.25, 0.3) is 0 Å². The largest absolute Gasteiger partial charge is 0.481 e. The van der Waals surface area contributed by atoms with Gasteiger partial charge in [0.05, 0.1) is 10.4 Å². The number of carbonyl (C=O) groups is 3. The average molecular weight is 437 g/mol. The zero-order valence-corrected chi connectivity index (χ0v) is 16.8. The number of aromatic amines is 1. The summed E-state index contributed by atoms with van der Waals surface area (Å²) in [6.45, 7) is 0. The summed E-state index contributed by atoms with van der Waals surface area (Å²) in [5.74, 6) is -2.89. The van der Waals surface area contributed by atoms with Crippen LogP contribution >= 0.6 is 11.3 Å². The number of aromatic nitrogens is 2. The zero-order valence-electron chi connectivity index (χ0n) is 16.0. The van der Waals surface area contributed by atoms with Crippen LogP contribution in [-0.2, 0) is 22.4 Å². The molecule has 0 saturated heterocycles. The molecule has 162 valence electrons. The molecule has 0 fully saturated rings. The molecular weight excluding hydrogens is 414 g/mol. The number of thiophene rings is 1. The maximum atomic E-state index is 12.3. The highest BCUT2D eigenvalue weighted by Crippen LogP contribution is 2.20. The van der Waals surface area contributed by atoms with E-state index in [1.165, 1.54) is 11.3 Å². The van der Waals surface area contributed by atoms with Gasteiger partial charge < -0.3 is 27.0 Å². The Morgan fingerprint density at radius 2 is 1.87 bits per heavy atom. The van der Waals surface area contributed by atoms with Crippen molar-refractivity contribution in [1.29, 1.82) is 0 Å². The number of aryl methyl sites for hydroxylation is 1. The molecule has 2 heterocycles. The van der Waals surface area contributed by atoms with Gasteiger partial charge in [0.15, 0.2) is 0 Å². The van der Waals surface area contributed by atoms with Gasteiger partial charge in [-0.05, 0) is 44.2 Å². The number of aliphatic carboxylic acids is 2. The van der Waals surface area contributed by atoms with Gasteiger partial charge in [-0.3, -0.25) is 19.4 Å². The molecule has 2 rings (SSSR count). The molecule has 2 aromatic rings. The molecule has 0 spiro atoms. The fraction of sp³-hybridized carbons (Fsp3) is 0.389. The van der Waals surface area contributed by atoms with E-state index in [-0.39, 0.29) is 30.2 Å². The second-order valence-electron chi connectivity index (χ2n) is 6.58. The fourth-order valence-corrected chi connectivity index (χ4v) is 3.72. The van der Waals surface area contributed by atoms with Crippen LogP contribution in [0.3, 0.4) is 0 Å². The molecule has 0 aliphatic rings. The van der Waals surface area contributed by atoms with E-state index in [2.05, 4.69) is 15.3 Å². The number of nitrogens with zero attached hydrogens (tertiary/aromatic N) is 1. The third-order valence-corrected chi connectivity index (χ3v) is 5.45. The lowest BCUT2D eigenvalue weighted by Crippen LogP contribution is -2.40. The summed E-state index contributed by atoms with van der Waals surface area (Å²) < 4.78 is 0. The lowest BCUT2D eigenvalue weighted by molar-refractivity contribution is -0.140. The van der Waals surface area contributed by atoms with Gasteiger partial charge in [-0.1, -0.05) is 0 Å². The van der Waals surface area contributed by atoms with Crippen molar-refractivity contribution in [3.8, 4) is 0 Å². The molecule has 0 aliphatic carbocycles. The number of anilines is 2. The Morgan fingerprint density at radius 1 is 1.17 bits per heavy atom. The third-order valence-electron chi connectivity index (χ3n) is 4.30. The van der Waals surface area contributed by atoms with Gasteiger partial charge >= 0.3 is 11.9 Å². The van der Waals surface area contributed by atoms with Gasteiger partial charge in [-0.15, -0.1) is 11.3 Å². The van der Waals surface area contributed by atoms with Crippen molar-refractivity contribution < 1.29 is 24.6 Å². The first-order valence-corrected chi connectivity index (χ1v) is 9.97. The van der Waals surface area contributed by atoms with E-state index < -0.39 is 23.9 Å². The predicted octanol–water partition coefficient (Wildman–Crippen LogP) is 0.609. The second kappa shape index (κ2) is 10.4. The number of carboxylic acid groups (broad SMARTS) is 2. The van der Waals surface area contributed by atoms with Crippen molar-refractivity contribution >= 4 is 40.9 Å². The van der Waals surface area contributed by atoms with Crippen LogP contribution in [0.2, 0.25) is 0 Å². The van der Waals surface area contributed by atoms with Crippen LogP contribution in [-0.4, -0.2) is 44.1 Å². The number of H-pyrrole nitrogens is 1. The fourth-order valence-electron chi connectivity index (χ4n) is 2.76. The highest BCUT2D eigenvalue weighted by molar-refractivity contribution is 7.14. The SMILES string of the molecule is Nc1nc(N)c(CCCCc2ccc(C(=O)N[C@@H](CCC(=O)O)C(=O)O)s2)c(=O)[nH]1. The summed E-state index contributed by atoms with van der Waals surface area (Å²) in [5.41, 5.74) is 11.2. The van der Waals surface area contributed by atoms with Crippen molar-refractivity contribution in [2.75, 3.05) is 11.5 Å². The number of hydrogen-bond donors (Lipinski definition) is 6. The van der Waals surface area contributed by atoms with Gasteiger partial charge in [0, 0.05) is 11.3 Å². The quantitative estimate of drug-likeness (QED) is 0.272. The Labute approximate surface area is 175 Å². The molecule has 8 N–H and O–H groups in total. The molecule has 0 aromatic carbocycles. The molecule has 0 bridgehead atoms. The predicted molar refractivity (Wildman–Crippen MR) is 110 cm³/mol. The Kier molecular flexibility index (Phi) is 7.92. The average Bonchev–Trinajstić information content (AvgIpc) is 3.12. The molecule has 0 radical (unpaired) electrons. The molecule has 0 unspecified atom stereocenters. The van der Waals surface area contributed by atoms with Crippen LogP contribution in [0.1, 0.15) is 45.8 Å². The number of carboxylic acids is 2. The first kappa shape index (κ1) is 22.9. The number of hydrogen-bond acceptors (Lipinski definition) is 8. The lowest BCUT2D eigenvalue weighted by atomic mass is 10.1. The van der Waals surface area contributed by atoms with Gasteiger partial charge in [-0.2, -0.15) is 4.98 Å². The number of nitrogen functional groups attached to an aromatic ring is 2. The Bertz CT molecular complexity index is 986. The highest BCUT2D eigenvalue weighted by atomic mass is 32.1. The number of unbranched alkanes of at least 4 members (excludes halogenated alkanes) is 1. The molecule has 1 amide bonds. The summed E-state index contributed by atoms with van der Waals surface area (Å²) in [7, 11) is 0. The van der Waals surface area contributed by atoms with E-state index in [1.807, 2.05) is 0 Å². The summed E-state index contributed by atoms with van der Waals surface area (Å²) in [6.07, 6.45) is 1.97. The van der Waals surface area contributed by atoms with E-state index in [0.717, 1.165) is 11.3 Å². The minimum atomic E-state index is -1.28. The molecule has 1 atom stereocenters. The minimum absolute atomic E-state index is 0.0289. The van der Waals surface area contributed by atoms with Crippen LogP contribution in [0, 0.1) is 0 Å². The summed E-state index contributed by atoms with van der Waals surface area (Å²) >= 11 is 1.23. The maximum Gasteiger partial charge on any atom is 0.326 e. The van der Waals surface area contributed by atoms with E-state index in [9.17, 15) is 19.2 Å². The van der Waals surface area contributed by atoms with Crippen molar-refractivity contribution in [3.05, 3.63) is 37.8 Å². The van der Waals surface area contributed by atoms with Gasteiger partial charge in [-0.25, -0.2) is 4.79 Å². The molecular formula is C18H23N5O6S. The summed E-state index contributed by atoms with van der Waals surface area (Å²) in [5, 5.41) is 20.2. The number of amides is 1. The minimum Gasteiger partial charge on any atom is -0.481 e. The zero-order chi connectivity index (χ0) is 22.3. The summed E-state index contributed by atoms with van der Waals surface area (Å²) in [6, 6.07) is 2.10. The van der Waals surface area contributed by atoms with Crippen molar-refractivity contribution in [2.24, 2.45) is 0 Å². The molecule has 30 heavy (non-hydrogen) atoms. The van der Waals surface area contributed by atoms with Crippen LogP contribution < -0.4 is 22.3 Å². The summed E-state index contributed by atoms with van der Waals surface area (Å²) in [4.78, 5) is 53.4. The standard InChI is InChI=1S/C18H23N5O6S/c19-14-10(15(26)23-18(20)22-14)4-2-1-3-9-5-7-12(30-9)16(27)21-11(17(28)29)6-8-13(24)25/h5,7,11H,1-4,6,8H2,(H,21,27)(H,24,25)(H,28,29)(H5,19,20,22,23,26)/t11-/m0/s1. The van der Waals surface area contributed by atoms with E-state index in [0.29, 0.717) is 29.7 Å². The van der Waals surface area contributed by atoms with Crippen molar-refractivity contribution in [2.45, 2.75) is 44.6 Å². The molecule has 0 saturated carbocycles. The smallest absolute Gasteiger partial charge is 0.326 e. The molecule has 12 heteroatoms. The molecule has 2 aromatic heterocycles. The van der Waals surface area contributed by atoms with Gasteiger partial charge in [0.1, 0.15) is 11.9 Å². The van der Waals surface area contributed by atoms with Crippen molar-refractivity contribution in [1.82, 2.24) is 15.3 Å². The Hall–Kier alpha value is -3.41. The normalized spacial score (nSPS) is 11.7. The second-order valence-corrected chi connectivity index (χ2v) is 7.75. The molecule has 11 nitrogen and oxygen atoms in total. The van der Waals surface area contributed by atoms with Crippen molar-refractivity contribution in [3.63, 3.8) is 0 Å². The lowest BCUT2D eigenvalue weighted by Gasteiger charge is -2.12. The van der Waals surface area contributed by atoms with E-state index in [4.69, 9.17) is 21.7 Å². The number of nitrogens with two attached hydrogens (primary N) is 2. The van der Waals surface area contributed by atoms with Crippen LogP contribution in [0.5, 0.6) is 0 Å². The number of rotatable bonds is 11. The molecule has 0 aliphatic heterocycles. The maximum absolute atomic E-state index is 12.3. The van der Waals surface area contributed by atoms with Gasteiger partial charge in [0.25, 0.3) is 11.5 Å². The van der Waals surface area contributed by atoms with Crippen LogP contribution in [0.4, 0.5) is 11.8 Å². The topological polar surface area (TPSA) is 201 Å². The van der Waals surface area contributed by atoms with Crippen LogP contribution in [0.15, 0.2) is 16.9 Å².